The Labute approximate surface area is 265 Å². The van der Waals surface area contributed by atoms with Crippen molar-refractivity contribution in [2.45, 2.75) is 84.6 Å². The van der Waals surface area contributed by atoms with Crippen LogP contribution < -0.4 is 9.04 Å². The van der Waals surface area contributed by atoms with E-state index in [1.807, 2.05) is 33.8 Å². The van der Waals surface area contributed by atoms with E-state index in [0.29, 0.717) is 58.6 Å². The Bertz CT molecular complexity index is 1690. The number of unbranched alkanes of at least 4 members (excludes halogenated alkanes) is 3. The first-order valence-electron chi connectivity index (χ1n) is 15.4. The second kappa shape index (κ2) is 14.3. The molecule has 0 bridgehead atoms. The highest BCUT2D eigenvalue weighted by atomic mass is 32.2. The first-order valence-corrected chi connectivity index (χ1v) is 17.6. The maximum Gasteiger partial charge on any atom is 0.419 e. The summed E-state index contributed by atoms with van der Waals surface area (Å²) < 4.78 is 52.3. The number of anilines is 1. The van der Waals surface area contributed by atoms with E-state index < -0.39 is 21.7 Å². The van der Waals surface area contributed by atoms with E-state index in [1.165, 1.54) is 8.87 Å². The molecule has 0 radical (unpaired) electrons. The third-order valence-electron chi connectivity index (χ3n) is 7.57. The third kappa shape index (κ3) is 7.35. The minimum absolute atomic E-state index is 0.123. The monoisotopic (exact) mass is 643 g/mol. The molecule has 2 aromatic carbocycles. The van der Waals surface area contributed by atoms with Gasteiger partial charge in [0.1, 0.15) is 33.9 Å². The van der Waals surface area contributed by atoms with Crippen molar-refractivity contribution in [2.24, 2.45) is 0 Å². The lowest BCUT2D eigenvalue weighted by Gasteiger charge is -2.25. The molecule has 0 amide bonds. The number of carbonyl (C=O) groups is 1. The summed E-state index contributed by atoms with van der Waals surface area (Å²) in [5.41, 5.74) is 1.90. The first-order chi connectivity index (χ1) is 20.9. The summed E-state index contributed by atoms with van der Waals surface area (Å²) in [4.78, 5) is 15.8. The van der Waals surface area contributed by atoms with Crippen LogP contribution in [-0.2, 0) is 14.8 Å². The largest absolute Gasteiger partial charge is 0.490 e. The number of aromatic nitrogens is 3. The number of rotatable bonds is 14. The van der Waals surface area contributed by atoms with Crippen LogP contribution in [0.3, 0.4) is 0 Å². The van der Waals surface area contributed by atoms with E-state index >= 15 is 0 Å². The average molecular weight is 644 g/mol. The highest BCUT2D eigenvalue weighted by molar-refractivity contribution is 7.93. The van der Waals surface area contributed by atoms with Crippen LogP contribution in [0.25, 0.3) is 21.9 Å². The molecule has 0 N–H and O–H groups in total. The van der Waals surface area contributed by atoms with Gasteiger partial charge in [0.05, 0.1) is 28.6 Å². The number of nitrogens with zero attached hydrogens (tertiary/aromatic N) is 5. The SMILES string of the molecule is CCCCCCN(c1ccc2c(c1)c(OCCN(CC)CC)c(C)n2C(=O)OC(C)(C)C)S(=O)(=O)c1cccc2nsnc12. The number of sulfonamides is 1. The van der Waals surface area contributed by atoms with Crippen LogP contribution >= 0.6 is 11.7 Å². The molecule has 0 fully saturated rings. The third-order valence-corrected chi connectivity index (χ3v) is 9.98. The van der Waals surface area contributed by atoms with Gasteiger partial charge in [0, 0.05) is 18.5 Å². The number of hydrogen-bond donors (Lipinski definition) is 0. The van der Waals surface area contributed by atoms with E-state index in [4.69, 9.17) is 9.47 Å². The highest BCUT2D eigenvalue weighted by Gasteiger charge is 2.30. The van der Waals surface area contributed by atoms with Crippen molar-refractivity contribution in [3.63, 3.8) is 0 Å². The fourth-order valence-corrected chi connectivity index (χ4v) is 7.50. The van der Waals surface area contributed by atoms with Crippen LogP contribution in [0.2, 0.25) is 0 Å². The summed E-state index contributed by atoms with van der Waals surface area (Å²) in [5, 5.41) is 0.646. The molecule has 4 aromatic rings. The van der Waals surface area contributed by atoms with Crippen LogP contribution in [0.1, 0.15) is 72.9 Å². The van der Waals surface area contributed by atoms with Gasteiger partial charge in [0.25, 0.3) is 10.0 Å². The second-order valence-corrected chi connectivity index (χ2v) is 14.2. The number of carbonyl (C=O) groups excluding carboxylic acids is 1. The summed E-state index contributed by atoms with van der Waals surface area (Å²) in [7, 11) is -4.01. The van der Waals surface area contributed by atoms with Crippen molar-refractivity contribution in [3.05, 3.63) is 42.1 Å². The van der Waals surface area contributed by atoms with Gasteiger partial charge in [-0.3, -0.25) is 4.31 Å². The lowest BCUT2D eigenvalue weighted by Crippen LogP contribution is -2.32. The zero-order chi connectivity index (χ0) is 32.1. The molecule has 240 valence electrons. The smallest absolute Gasteiger partial charge is 0.419 e. The van der Waals surface area contributed by atoms with E-state index in [0.717, 1.165) is 50.6 Å². The molecule has 4 rings (SSSR count). The number of ether oxygens (including phenoxy) is 2. The van der Waals surface area contributed by atoms with E-state index in [-0.39, 0.29) is 4.90 Å². The van der Waals surface area contributed by atoms with Crippen LogP contribution in [0.5, 0.6) is 5.75 Å². The van der Waals surface area contributed by atoms with Crippen LogP contribution in [-0.4, -0.2) is 71.1 Å². The molecule has 0 saturated carbocycles. The molecular formula is C32H45N5O5S2. The van der Waals surface area contributed by atoms with Crippen LogP contribution in [0.15, 0.2) is 41.3 Å². The van der Waals surface area contributed by atoms with Gasteiger partial charge in [0.2, 0.25) is 0 Å². The topological polar surface area (TPSA) is 107 Å². The van der Waals surface area contributed by atoms with E-state index in [9.17, 15) is 13.2 Å². The second-order valence-electron chi connectivity index (χ2n) is 11.8. The number of hydrogen-bond acceptors (Lipinski definition) is 9. The van der Waals surface area contributed by atoms with Crippen LogP contribution in [0, 0.1) is 6.92 Å². The Morgan fingerprint density at radius 1 is 1.00 bits per heavy atom. The molecule has 0 aliphatic rings. The fourth-order valence-electron chi connectivity index (χ4n) is 5.25. The Hall–Kier alpha value is -3.22. The van der Waals surface area contributed by atoms with Gasteiger partial charge >= 0.3 is 6.09 Å². The standard InChI is InChI=1S/C32H45N5O5S2/c1-8-11-12-13-19-36(44(39,40)28-16-14-15-26-29(28)34-43-33-26)24-17-18-27-25(22-24)30(41-21-20-35(9-2)10-3)23(4)37(27)31(38)42-32(5,6)7/h14-18,22H,8-13,19-21H2,1-7H3. The van der Waals surface area contributed by atoms with E-state index in [2.05, 4.69) is 34.4 Å². The molecule has 12 heteroatoms. The molecule has 0 atom stereocenters. The van der Waals surface area contributed by atoms with Crippen molar-refractivity contribution < 1.29 is 22.7 Å². The Morgan fingerprint density at radius 2 is 1.75 bits per heavy atom. The Kier molecular flexibility index (Phi) is 10.9. The molecule has 0 spiro atoms. The maximum absolute atomic E-state index is 14.3. The maximum atomic E-state index is 14.3. The normalized spacial score (nSPS) is 12.4. The Morgan fingerprint density at radius 3 is 2.43 bits per heavy atom. The minimum atomic E-state index is -4.01. The van der Waals surface area contributed by atoms with Gasteiger partial charge in [-0.2, -0.15) is 8.75 Å². The molecule has 10 nitrogen and oxygen atoms in total. The Balaban J connectivity index is 1.84. The highest BCUT2D eigenvalue weighted by Crippen LogP contribution is 2.38. The summed E-state index contributed by atoms with van der Waals surface area (Å²) >= 11 is 0.993. The minimum Gasteiger partial charge on any atom is -0.490 e. The number of benzene rings is 2. The zero-order valence-electron chi connectivity index (χ0n) is 26.9. The van der Waals surface area contributed by atoms with Crippen molar-refractivity contribution in [2.75, 3.05) is 37.1 Å². The predicted octanol–water partition coefficient (Wildman–Crippen LogP) is 7.23. The summed E-state index contributed by atoms with van der Waals surface area (Å²) in [5.74, 6) is 0.536. The molecule has 0 aliphatic heterocycles. The van der Waals surface area contributed by atoms with Crippen molar-refractivity contribution in [1.82, 2.24) is 18.2 Å². The molecule has 2 aromatic heterocycles. The fraction of sp³-hybridized carbons (Fsp3) is 0.531. The first kappa shape index (κ1) is 33.7. The number of likely N-dealkylation sites (N-methyl/N-ethyl adjacent to an activating group) is 1. The van der Waals surface area contributed by atoms with Crippen molar-refractivity contribution in [1.29, 1.82) is 0 Å². The lowest BCUT2D eigenvalue weighted by molar-refractivity contribution is 0.0540. The van der Waals surface area contributed by atoms with Gasteiger partial charge in [-0.15, -0.1) is 0 Å². The summed E-state index contributed by atoms with van der Waals surface area (Å²) in [6.45, 7) is 16.9. The van der Waals surface area contributed by atoms with E-state index in [1.54, 1.807) is 30.3 Å². The summed E-state index contributed by atoms with van der Waals surface area (Å²) in [6, 6.07) is 10.4. The van der Waals surface area contributed by atoms with Gasteiger partial charge in [-0.25, -0.2) is 17.8 Å². The zero-order valence-corrected chi connectivity index (χ0v) is 28.6. The molecule has 44 heavy (non-hydrogen) atoms. The van der Waals surface area contributed by atoms with Crippen molar-refractivity contribution >= 4 is 55.5 Å². The summed E-state index contributed by atoms with van der Waals surface area (Å²) in [6.07, 6.45) is 3.13. The molecule has 0 unspecified atom stereocenters. The number of fused-ring (bicyclic) bond motifs is 2. The van der Waals surface area contributed by atoms with Crippen molar-refractivity contribution in [3.8, 4) is 5.75 Å². The van der Waals surface area contributed by atoms with Gasteiger partial charge in [-0.05, 0) is 77.5 Å². The molecule has 0 aliphatic carbocycles. The van der Waals surface area contributed by atoms with Gasteiger partial charge < -0.3 is 14.4 Å². The average Bonchev–Trinajstić information content (AvgIpc) is 3.56. The lowest BCUT2D eigenvalue weighted by atomic mass is 10.2. The van der Waals surface area contributed by atoms with Gasteiger partial charge in [-0.1, -0.05) is 46.1 Å². The van der Waals surface area contributed by atoms with Crippen LogP contribution in [0.4, 0.5) is 10.5 Å². The molecular weight excluding hydrogens is 599 g/mol. The predicted molar refractivity (Wildman–Crippen MR) is 178 cm³/mol. The van der Waals surface area contributed by atoms with Gasteiger partial charge in [0.15, 0.2) is 0 Å². The molecule has 2 heterocycles. The quantitative estimate of drug-likeness (QED) is 0.133. The molecule has 0 saturated heterocycles.